The topological polar surface area (TPSA) is 116 Å². The van der Waals surface area contributed by atoms with Gasteiger partial charge in [0, 0.05) is 0 Å². The van der Waals surface area contributed by atoms with Gasteiger partial charge in [-0.2, -0.15) is 28.6 Å². The Morgan fingerprint density at radius 2 is 1.58 bits per heavy atom. The SMILES string of the molecule is FC(F)(F)c1ccc2n[nH]nc2c1.O=C(O)C(=O)O. The first-order chi connectivity index (χ1) is 8.71. The summed E-state index contributed by atoms with van der Waals surface area (Å²) >= 11 is 0. The largest absolute Gasteiger partial charge is 0.473 e. The Morgan fingerprint density at radius 1 is 1.05 bits per heavy atom. The van der Waals surface area contributed by atoms with Crippen molar-refractivity contribution in [2.24, 2.45) is 0 Å². The number of alkyl halides is 3. The van der Waals surface area contributed by atoms with Crippen LogP contribution in [0.3, 0.4) is 0 Å². The quantitative estimate of drug-likeness (QED) is 0.621. The number of carboxylic acids is 2. The van der Waals surface area contributed by atoms with Crippen LogP contribution >= 0.6 is 0 Å². The molecule has 0 bridgehead atoms. The van der Waals surface area contributed by atoms with Gasteiger partial charge in [-0.25, -0.2) is 9.59 Å². The minimum Gasteiger partial charge on any atom is -0.473 e. The van der Waals surface area contributed by atoms with Crippen LogP contribution in [0, 0.1) is 0 Å². The van der Waals surface area contributed by atoms with Gasteiger partial charge in [-0.3, -0.25) is 0 Å². The lowest BCUT2D eigenvalue weighted by atomic mass is 10.2. The molecule has 2 aromatic rings. The lowest BCUT2D eigenvalue weighted by Gasteiger charge is -2.04. The number of nitrogens with one attached hydrogen (secondary N) is 1. The van der Waals surface area contributed by atoms with Crippen LogP contribution in [0.15, 0.2) is 18.2 Å². The average molecular weight is 277 g/mol. The summed E-state index contributed by atoms with van der Waals surface area (Å²) in [6, 6.07) is 3.21. The van der Waals surface area contributed by atoms with Crippen molar-refractivity contribution in [2.75, 3.05) is 0 Å². The van der Waals surface area contributed by atoms with Crippen LogP contribution in [-0.2, 0) is 15.8 Å². The number of carboxylic acid groups (broad SMARTS) is 2. The Balaban J connectivity index is 0.000000258. The van der Waals surface area contributed by atoms with Crippen LogP contribution in [0.25, 0.3) is 11.0 Å². The minimum absolute atomic E-state index is 0.217. The van der Waals surface area contributed by atoms with Gasteiger partial charge in [0.2, 0.25) is 0 Å². The second-order valence-corrected chi connectivity index (χ2v) is 3.14. The highest BCUT2D eigenvalue weighted by atomic mass is 19.4. The van der Waals surface area contributed by atoms with Crippen molar-refractivity contribution >= 4 is 23.0 Å². The van der Waals surface area contributed by atoms with Crippen molar-refractivity contribution in [3.8, 4) is 0 Å². The number of fused-ring (bicyclic) bond motifs is 1. The van der Waals surface area contributed by atoms with Crippen LogP contribution < -0.4 is 0 Å². The molecule has 0 saturated carbocycles. The number of hydrogen-bond donors (Lipinski definition) is 3. The summed E-state index contributed by atoms with van der Waals surface area (Å²) in [5.41, 5.74) is -0.0725. The fourth-order valence-electron chi connectivity index (χ4n) is 1.02. The molecule has 0 aliphatic carbocycles. The van der Waals surface area contributed by atoms with Gasteiger partial charge in [0.1, 0.15) is 11.0 Å². The summed E-state index contributed by atoms with van der Waals surface area (Å²) < 4.78 is 36.5. The molecule has 0 aliphatic rings. The molecule has 0 radical (unpaired) electrons. The molecule has 0 unspecified atom stereocenters. The fraction of sp³-hybridized carbons (Fsp3) is 0.111. The summed E-state index contributed by atoms with van der Waals surface area (Å²) in [5, 5.41) is 24.2. The van der Waals surface area contributed by atoms with Crippen LogP contribution in [0.2, 0.25) is 0 Å². The molecule has 0 fully saturated rings. The third kappa shape index (κ3) is 3.94. The van der Waals surface area contributed by atoms with Gasteiger partial charge in [0.05, 0.1) is 5.56 Å². The maximum Gasteiger partial charge on any atom is 0.416 e. The van der Waals surface area contributed by atoms with Crippen LogP contribution in [-0.4, -0.2) is 37.6 Å². The van der Waals surface area contributed by atoms with E-state index >= 15 is 0 Å². The Labute approximate surface area is 102 Å². The molecule has 102 valence electrons. The molecule has 2 rings (SSSR count). The number of aromatic nitrogens is 3. The van der Waals surface area contributed by atoms with Crippen molar-refractivity contribution < 1.29 is 33.0 Å². The molecule has 3 N–H and O–H groups in total. The zero-order valence-corrected chi connectivity index (χ0v) is 8.97. The zero-order chi connectivity index (χ0) is 14.6. The molecular weight excluding hydrogens is 271 g/mol. The maximum atomic E-state index is 12.2. The first-order valence-corrected chi connectivity index (χ1v) is 4.55. The van der Waals surface area contributed by atoms with Crippen molar-refractivity contribution in [3.05, 3.63) is 23.8 Å². The monoisotopic (exact) mass is 277 g/mol. The van der Waals surface area contributed by atoms with Crippen molar-refractivity contribution in [3.63, 3.8) is 0 Å². The number of aliphatic carboxylic acids is 2. The molecule has 1 aromatic heterocycles. The van der Waals surface area contributed by atoms with E-state index in [1.807, 2.05) is 0 Å². The van der Waals surface area contributed by atoms with Gasteiger partial charge in [-0.15, -0.1) is 0 Å². The second-order valence-electron chi connectivity index (χ2n) is 3.14. The van der Waals surface area contributed by atoms with Gasteiger partial charge < -0.3 is 10.2 Å². The first-order valence-electron chi connectivity index (χ1n) is 4.55. The Bertz CT molecular complexity index is 596. The summed E-state index contributed by atoms with van der Waals surface area (Å²) in [6.07, 6.45) is -4.33. The third-order valence-electron chi connectivity index (χ3n) is 1.83. The predicted octanol–water partition coefficient (Wildman–Crippen LogP) is 1.13. The van der Waals surface area contributed by atoms with E-state index in [1.165, 1.54) is 6.07 Å². The van der Waals surface area contributed by atoms with Crippen LogP contribution in [0.1, 0.15) is 5.56 Å². The molecule has 0 spiro atoms. The molecule has 1 heterocycles. The zero-order valence-electron chi connectivity index (χ0n) is 8.97. The lowest BCUT2D eigenvalue weighted by Crippen LogP contribution is -2.09. The van der Waals surface area contributed by atoms with E-state index in [0.717, 1.165) is 12.1 Å². The molecule has 0 saturated heterocycles. The van der Waals surface area contributed by atoms with Gasteiger partial charge >= 0.3 is 18.1 Å². The highest BCUT2D eigenvalue weighted by Gasteiger charge is 2.30. The van der Waals surface area contributed by atoms with Crippen LogP contribution in [0.5, 0.6) is 0 Å². The molecule has 10 heteroatoms. The molecule has 0 atom stereocenters. The van der Waals surface area contributed by atoms with Crippen LogP contribution in [0.4, 0.5) is 13.2 Å². The number of halogens is 3. The summed E-state index contributed by atoms with van der Waals surface area (Å²) in [5.74, 6) is -3.65. The fourth-order valence-corrected chi connectivity index (χ4v) is 1.02. The number of hydrogen-bond acceptors (Lipinski definition) is 4. The van der Waals surface area contributed by atoms with E-state index in [4.69, 9.17) is 19.8 Å². The van der Waals surface area contributed by atoms with Crippen molar-refractivity contribution in [1.82, 2.24) is 15.4 Å². The number of H-pyrrole nitrogens is 1. The molecule has 0 aliphatic heterocycles. The minimum atomic E-state index is -4.33. The number of aromatic amines is 1. The average Bonchev–Trinajstić information content (AvgIpc) is 2.75. The summed E-state index contributed by atoms with van der Waals surface area (Å²) in [4.78, 5) is 18.2. The normalized spacial score (nSPS) is 10.7. The maximum absolute atomic E-state index is 12.2. The Kier molecular flexibility index (Phi) is 4.04. The van der Waals surface area contributed by atoms with Crippen molar-refractivity contribution in [1.29, 1.82) is 0 Å². The number of benzene rings is 1. The predicted molar refractivity (Wildman–Crippen MR) is 54.2 cm³/mol. The van der Waals surface area contributed by atoms with Gasteiger partial charge in [-0.05, 0) is 18.2 Å². The molecule has 0 amide bonds. The van der Waals surface area contributed by atoms with Crippen molar-refractivity contribution in [2.45, 2.75) is 6.18 Å². The number of nitrogens with zero attached hydrogens (tertiary/aromatic N) is 2. The van der Waals surface area contributed by atoms with E-state index in [0.29, 0.717) is 5.52 Å². The van der Waals surface area contributed by atoms with E-state index in [1.54, 1.807) is 0 Å². The summed E-state index contributed by atoms with van der Waals surface area (Å²) in [6.45, 7) is 0. The number of carbonyl (C=O) groups is 2. The van der Waals surface area contributed by atoms with E-state index < -0.39 is 23.7 Å². The summed E-state index contributed by atoms with van der Waals surface area (Å²) in [7, 11) is 0. The first kappa shape index (κ1) is 14.4. The van der Waals surface area contributed by atoms with E-state index in [-0.39, 0.29) is 5.52 Å². The lowest BCUT2D eigenvalue weighted by molar-refractivity contribution is -0.159. The Hall–Kier alpha value is -2.65. The standard InChI is InChI=1S/C7H4F3N3.C2H2O4/c8-7(9,10)4-1-2-5-6(3-4)12-13-11-5;3-1(4)2(5)6/h1-3H,(H,11,12,13);(H,3,4)(H,5,6). The Morgan fingerprint density at radius 3 is 2.05 bits per heavy atom. The van der Waals surface area contributed by atoms with E-state index in [9.17, 15) is 13.2 Å². The highest BCUT2D eigenvalue weighted by Crippen LogP contribution is 2.30. The van der Waals surface area contributed by atoms with Gasteiger partial charge in [0.25, 0.3) is 0 Å². The number of rotatable bonds is 0. The molecular formula is C9H6F3N3O4. The van der Waals surface area contributed by atoms with Gasteiger partial charge in [-0.1, -0.05) is 0 Å². The molecule has 7 nitrogen and oxygen atoms in total. The molecule has 19 heavy (non-hydrogen) atoms. The smallest absolute Gasteiger partial charge is 0.416 e. The van der Waals surface area contributed by atoms with E-state index in [2.05, 4.69) is 15.4 Å². The van der Waals surface area contributed by atoms with Gasteiger partial charge in [0.15, 0.2) is 0 Å². The third-order valence-corrected chi connectivity index (χ3v) is 1.83. The highest BCUT2D eigenvalue weighted by molar-refractivity contribution is 6.27. The second kappa shape index (κ2) is 5.33. The molecule has 1 aromatic carbocycles.